The molecule has 0 bridgehead atoms. The monoisotopic (exact) mass is 384 g/mol. The molecule has 3 atom stereocenters. The van der Waals surface area contributed by atoms with Gasteiger partial charge < -0.3 is 25.4 Å². The maximum atomic E-state index is 14.4. The van der Waals surface area contributed by atoms with E-state index in [1.807, 2.05) is 31.4 Å². The third kappa shape index (κ3) is 3.43. The van der Waals surface area contributed by atoms with Crippen molar-refractivity contribution in [1.82, 2.24) is 15.6 Å². The van der Waals surface area contributed by atoms with Crippen molar-refractivity contribution < 1.29 is 14.2 Å². The Bertz CT molecular complexity index is 888. The number of nitrogens with one attached hydrogen (secondary N) is 2. The van der Waals surface area contributed by atoms with Crippen LogP contribution in [-0.2, 0) is 0 Å². The van der Waals surface area contributed by atoms with E-state index in [-0.39, 0.29) is 17.9 Å². The Balaban J connectivity index is 1.52. The molecule has 0 saturated carbocycles. The summed E-state index contributed by atoms with van der Waals surface area (Å²) in [6.07, 6.45) is 2.05. The SMILES string of the molecule is CNC1CN(c2cccc(C3CC(c4c(F)cccc4OC)=CN3)n2)CC1O. The normalized spacial score (nSPS) is 24.2. The van der Waals surface area contributed by atoms with Gasteiger partial charge in [-0.15, -0.1) is 0 Å². The molecule has 0 amide bonds. The highest BCUT2D eigenvalue weighted by atomic mass is 19.1. The molecule has 3 heterocycles. The number of anilines is 1. The molecule has 148 valence electrons. The van der Waals surface area contributed by atoms with Gasteiger partial charge in [-0.2, -0.15) is 0 Å². The molecule has 1 aromatic carbocycles. The molecule has 0 spiro atoms. The van der Waals surface area contributed by atoms with Crippen LogP contribution in [-0.4, -0.2) is 49.5 Å². The zero-order valence-electron chi connectivity index (χ0n) is 16.0. The lowest BCUT2D eigenvalue weighted by atomic mass is 9.99. The standard InChI is InChI=1S/C21H25FN4O2/c1-23-17-11-26(12-18(17)27)20-8-4-6-15(25-20)16-9-13(10-24-16)21-14(22)5-3-7-19(21)28-2/h3-8,10,16-18,23-24,27H,9,11-12H2,1-2H3. The van der Waals surface area contributed by atoms with E-state index in [9.17, 15) is 9.50 Å². The number of methoxy groups -OCH3 is 1. The van der Waals surface area contributed by atoms with Crippen LogP contribution in [0.4, 0.5) is 10.2 Å². The van der Waals surface area contributed by atoms with Crippen LogP contribution in [0.3, 0.4) is 0 Å². The molecule has 1 aromatic heterocycles. The number of pyridine rings is 1. The molecule has 0 aliphatic carbocycles. The van der Waals surface area contributed by atoms with Crippen LogP contribution in [0.15, 0.2) is 42.6 Å². The molecule has 28 heavy (non-hydrogen) atoms. The van der Waals surface area contributed by atoms with E-state index in [0.29, 0.717) is 30.8 Å². The minimum atomic E-state index is -0.415. The molecule has 4 rings (SSSR count). The van der Waals surface area contributed by atoms with Gasteiger partial charge in [0.15, 0.2) is 0 Å². The van der Waals surface area contributed by atoms with Crippen LogP contribution in [0.5, 0.6) is 5.75 Å². The highest BCUT2D eigenvalue weighted by molar-refractivity contribution is 5.73. The average molecular weight is 384 g/mol. The van der Waals surface area contributed by atoms with Crippen LogP contribution in [0.25, 0.3) is 5.57 Å². The van der Waals surface area contributed by atoms with Crippen molar-refractivity contribution in [3.8, 4) is 5.75 Å². The second-order valence-electron chi connectivity index (χ2n) is 7.20. The van der Waals surface area contributed by atoms with E-state index >= 15 is 0 Å². The maximum Gasteiger partial charge on any atom is 0.134 e. The van der Waals surface area contributed by atoms with Gasteiger partial charge >= 0.3 is 0 Å². The number of aliphatic hydroxyl groups excluding tert-OH is 1. The zero-order chi connectivity index (χ0) is 19.7. The molecule has 2 aliphatic rings. The summed E-state index contributed by atoms with van der Waals surface area (Å²) in [4.78, 5) is 6.88. The highest BCUT2D eigenvalue weighted by Crippen LogP contribution is 2.37. The van der Waals surface area contributed by atoms with Crippen LogP contribution < -0.4 is 20.3 Å². The molecule has 1 saturated heterocycles. The Kier molecular flexibility index (Phi) is 5.19. The van der Waals surface area contributed by atoms with Gasteiger partial charge in [0.25, 0.3) is 0 Å². The summed E-state index contributed by atoms with van der Waals surface area (Å²) in [5.41, 5.74) is 2.25. The number of hydrogen-bond acceptors (Lipinski definition) is 6. The number of ether oxygens (including phenoxy) is 1. The molecular formula is C21H25FN4O2. The first-order chi connectivity index (χ1) is 13.6. The molecule has 7 heteroatoms. The molecule has 1 fully saturated rings. The maximum absolute atomic E-state index is 14.4. The van der Waals surface area contributed by atoms with Crippen molar-refractivity contribution in [2.75, 3.05) is 32.1 Å². The van der Waals surface area contributed by atoms with Gasteiger partial charge in [0.05, 0.1) is 36.6 Å². The first kappa shape index (κ1) is 18.7. The number of β-amino-alcohol motifs (C(OH)–C–C–N with tert-alkyl or cyclic N) is 1. The Labute approximate surface area is 164 Å². The lowest BCUT2D eigenvalue weighted by Crippen LogP contribution is -2.36. The summed E-state index contributed by atoms with van der Waals surface area (Å²) in [7, 11) is 3.40. The van der Waals surface area contributed by atoms with E-state index in [1.165, 1.54) is 6.07 Å². The first-order valence-corrected chi connectivity index (χ1v) is 9.46. The number of likely N-dealkylation sites (N-methyl/N-ethyl adjacent to an activating group) is 1. The number of aromatic nitrogens is 1. The van der Waals surface area contributed by atoms with Crippen LogP contribution in [0.2, 0.25) is 0 Å². The van der Waals surface area contributed by atoms with Crippen LogP contribution in [0, 0.1) is 5.82 Å². The number of benzene rings is 1. The van der Waals surface area contributed by atoms with E-state index in [4.69, 9.17) is 9.72 Å². The van der Waals surface area contributed by atoms with Gasteiger partial charge in [-0.25, -0.2) is 9.37 Å². The molecular weight excluding hydrogens is 359 g/mol. The van der Waals surface area contributed by atoms with Crippen molar-refractivity contribution >= 4 is 11.4 Å². The van der Waals surface area contributed by atoms with Gasteiger partial charge in [-0.05, 0) is 36.9 Å². The van der Waals surface area contributed by atoms with Gasteiger partial charge in [0.1, 0.15) is 17.4 Å². The fourth-order valence-corrected chi connectivity index (χ4v) is 3.96. The van der Waals surface area contributed by atoms with Gasteiger partial charge in [0.2, 0.25) is 0 Å². The summed E-state index contributed by atoms with van der Waals surface area (Å²) in [5, 5.41) is 16.6. The van der Waals surface area contributed by atoms with E-state index in [0.717, 1.165) is 17.1 Å². The summed E-state index contributed by atoms with van der Waals surface area (Å²) < 4.78 is 19.7. The topological polar surface area (TPSA) is 69.7 Å². The molecule has 2 aromatic rings. The molecule has 2 aliphatic heterocycles. The minimum Gasteiger partial charge on any atom is -0.496 e. The summed E-state index contributed by atoms with van der Waals surface area (Å²) in [5.74, 6) is 1.08. The Morgan fingerprint density at radius 3 is 2.82 bits per heavy atom. The lowest BCUT2D eigenvalue weighted by Gasteiger charge is -2.19. The predicted molar refractivity (Wildman–Crippen MR) is 107 cm³/mol. The highest BCUT2D eigenvalue weighted by Gasteiger charge is 2.31. The van der Waals surface area contributed by atoms with Gasteiger partial charge in [-0.3, -0.25) is 0 Å². The van der Waals surface area contributed by atoms with Crippen molar-refractivity contribution in [1.29, 1.82) is 0 Å². The smallest absolute Gasteiger partial charge is 0.134 e. The average Bonchev–Trinajstić information content (AvgIpc) is 3.34. The largest absolute Gasteiger partial charge is 0.496 e. The van der Waals surface area contributed by atoms with Crippen LogP contribution >= 0.6 is 0 Å². The number of nitrogens with zero attached hydrogens (tertiary/aromatic N) is 2. The van der Waals surface area contributed by atoms with E-state index in [1.54, 1.807) is 19.2 Å². The quantitative estimate of drug-likeness (QED) is 0.733. The second kappa shape index (κ2) is 7.77. The number of aliphatic hydroxyl groups is 1. The predicted octanol–water partition coefficient (Wildman–Crippen LogP) is 2.07. The van der Waals surface area contributed by atoms with E-state index in [2.05, 4.69) is 15.5 Å². The molecule has 3 unspecified atom stereocenters. The van der Waals surface area contributed by atoms with Crippen molar-refractivity contribution in [3.05, 3.63) is 59.7 Å². The second-order valence-corrected chi connectivity index (χ2v) is 7.20. The van der Waals surface area contributed by atoms with Crippen molar-refractivity contribution in [3.63, 3.8) is 0 Å². The zero-order valence-corrected chi connectivity index (χ0v) is 16.0. The minimum absolute atomic E-state index is 0.0353. The lowest BCUT2D eigenvalue weighted by molar-refractivity contribution is 0.168. The number of halogens is 1. The summed E-state index contributed by atoms with van der Waals surface area (Å²) >= 11 is 0. The first-order valence-electron chi connectivity index (χ1n) is 9.46. The van der Waals surface area contributed by atoms with Crippen LogP contribution in [0.1, 0.15) is 23.7 Å². The van der Waals surface area contributed by atoms with Gasteiger partial charge in [0, 0.05) is 25.7 Å². The third-order valence-corrected chi connectivity index (χ3v) is 5.50. The Morgan fingerprint density at radius 2 is 2.07 bits per heavy atom. The third-order valence-electron chi connectivity index (χ3n) is 5.50. The molecule has 0 radical (unpaired) electrons. The molecule has 6 nitrogen and oxygen atoms in total. The fourth-order valence-electron chi connectivity index (χ4n) is 3.96. The molecule has 3 N–H and O–H groups in total. The fraction of sp³-hybridized carbons (Fsp3) is 0.381. The van der Waals surface area contributed by atoms with Gasteiger partial charge in [-0.1, -0.05) is 12.1 Å². The summed E-state index contributed by atoms with van der Waals surface area (Å²) in [6, 6.07) is 10.8. The number of hydrogen-bond donors (Lipinski definition) is 3. The van der Waals surface area contributed by atoms with Crippen molar-refractivity contribution in [2.24, 2.45) is 0 Å². The number of rotatable bonds is 5. The Morgan fingerprint density at radius 1 is 1.25 bits per heavy atom. The van der Waals surface area contributed by atoms with Crippen molar-refractivity contribution in [2.45, 2.75) is 24.6 Å². The Hall–Kier alpha value is -2.64. The summed E-state index contributed by atoms with van der Waals surface area (Å²) in [6.45, 7) is 1.26. The van der Waals surface area contributed by atoms with E-state index < -0.39 is 6.10 Å².